The van der Waals surface area contributed by atoms with Crippen LogP contribution in [0.2, 0.25) is 0 Å². The zero-order valence-electron chi connectivity index (χ0n) is 13.2. The van der Waals surface area contributed by atoms with E-state index < -0.39 is 46.7 Å². The van der Waals surface area contributed by atoms with Gasteiger partial charge < -0.3 is 33.1 Å². The van der Waals surface area contributed by atoms with Gasteiger partial charge in [-0.1, -0.05) is 21.6 Å². The van der Waals surface area contributed by atoms with E-state index in [4.69, 9.17) is 33.1 Å². The highest BCUT2D eigenvalue weighted by atomic mass is 33.1. The number of nitrogens with two attached hydrogens (primary N) is 4. The Balaban J connectivity index is 4.96. The van der Waals surface area contributed by atoms with Crippen LogP contribution in [0, 0.1) is 0 Å². The van der Waals surface area contributed by atoms with Gasteiger partial charge in [0.15, 0.2) is 22.6 Å². The number of aliphatic carboxylic acids is 2. The number of ketones is 2. The highest BCUT2D eigenvalue weighted by Gasteiger charge is 2.45. The molecule has 0 radical (unpaired) electrons. The first-order chi connectivity index (χ1) is 10.8. The molecule has 10 nitrogen and oxygen atoms in total. The minimum atomic E-state index is -2.22. The van der Waals surface area contributed by atoms with Gasteiger partial charge in [-0.3, -0.25) is 9.59 Å². The third-order valence-corrected chi connectivity index (χ3v) is 5.65. The van der Waals surface area contributed by atoms with Crippen molar-refractivity contribution < 1.29 is 29.4 Å². The Labute approximate surface area is 146 Å². The summed E-state index contributed by atoms with van der Waals surface area (Å²) >= 11 is 0. The van der Waals surface area contributed by atoms with Gasteiger partial charge in [-0.15, -0.1) is 0 Å². The molecule has 0 aromatic heterocycles. The molecule has 0 aromatic rings. The smallest absolute Gasteiger partial charge is 0.332 e. The van der Waals surface area contributed by atoms with Crippen LogP contribution in [0.15, 0.2) is 0 Å². The van der Waals surface area contributed by atoms with Crippen molar-refractivity contribution in [2.45, 2.75) is 37.0 Å². The number of rotatable bonds is 11. The molecule has 10 N–H and O–H groups in total. The van der Waals surface area contributed by atoms with Crippen molar-refractivity contribution in [3.05, 3.63) is 0 Å². The lowest BCUT2D eigenvalue weighted by Crippen LogP contribution is -2.62. The van der Waals surface area contributed by atoms with Crippen LogP contribution in [0.1, 0.15) is 13.8 Å². The maximum absolute atomic E-state index is 11.9. The summed E-state index contributed by atoms with van der Waals surface area (Å²) in [5.41, 5.74) is 17.5. The zero-order valence-corrected chi connectivity index (χ0v) is 14.9. The average Bonchev–Trinajstić information content (AvgIpc) is 2.48. The second-order valence-corrected chi connectivity index (χ2v) is 7.85. The highest BCUT2D eigenvalue weighted by Crippen LogP contribution is 2.29. The summed E-state index contributed by atoms with van der Waals surface area (Å²) in [7, 11) is 1.61. The molecule has 0 aliphatic rings. The first kappa shape index (κ1) is 22.8. The predicted octanol–water partition coefficient (Wildman–Crippen LogP) is -2.24. The lowest BCUT2D eigenvalue weighted by atomic mass is 9.93. The molecule has 0 saturated heterocycles. The van der Waals surface area contributed by atoms with Gasteiger partial charge >= 0.3 is 11.9 Å². The highest BCUT2D eigenvalue weighted by molar-refractivity contribution is 8.76. The summed E-state index contributed by atoms with van der Waals surface area (Å²) in [5, 5.41) is 18.3. The van der Waals surface area contributed by atoms with Gasteiger partial charge in [0.05, 0.1) is 12.1 Å². The number of carbonyl (C=O) groups excluding carboxylic acids is 2. The Morgan fingerprint density at radius 3 is 1.25 bits per heavy atom. The fraction of sp³-hybridized carbons (Fsp3) is 0.667. The molecule has 0 aromatic carbocycles. The summed E-state index contributed by atoms with van der Waals surface area (Å²) in [6, 6.07) is -2.16. The molecule has 12 heteroatoms. The fourth-order valence-electron chi connectivity index (χ4n) is 1.56. The molecule has 0 aliphatic carbocycles. The SMILES string of the molecule is CC(N)C(=O)C(N)(CSSCC(N)(C(=O)O)C(=O)C(C)N)C(=O)O. The lowest BCUT2D eigenvalue weighted by Gasteiger charge is -2.26. The standard InChI is InChI=1S/C12H22N4O6S2/c1-5(13)7(17)11(15,9(19)20)3-23-24-4-12(16,10(21)22)8(18)6(2)14/h5-6H,3-4,13-16H2,1-2H3,(H,19,20)(H,21,22). The fourth-order valence-corrected chi connectivity index (χ4v) is 4.24. The Kier molecular flexibility index (Phi) is 8.35. The maximum Gasteiger partial charge on any atom is 0.332 e. The third-order valence-electron chi connectivity index (χ3n) is 3.13. The van der Waals surface area contributed by atoms with Crippen LogP contribution >= 0.6 is 21.6 Å². The maximum atomic E-state index is 11.9. The molecule has 0 amide bonds. The van der Waals surface area contributed by atoms with E-state index in [0.29, 0.717) is 0 Å². The predicted molar refractivity (Wildman–Crippen MR) is 91.3 cm³/mol. The summed E-state index contributed by atoms with van der Waals surface area (Å²) in [6.07, 6.45) is 0. The second-order valence-electron chi connectivity index (χ2n) is 5.38. The van der Waals surface area contributed by atoms with E-state index in [1.54, 1.807) is 0 Å². The molecular weight excluding hydrogens is 360 g/mol. The van der Waals surface area contributed by atoms with Gasteiger partial charge in [0.1, 0.15) is 0 Å². The largest absolute Gasteiger partial charge is 0.480 e. The monoisotopic (exact) mass is 382 g/mol. The van der Waals surface area contributed by atoms with Gasteiger partial charge in [0.25, 0.3) is 0 Å². The number of carbonyl (C=O) groups is 4. The Hall–Kier alpha value is -1.18. The lowest BCUT2D eigenvalue weighted by molar-refractivity contribution is -0.149. The number of hydrogen-bond acceptors (Lipinski definition) is 10. The van der Waals surface area contributed by atoms with E-state index in [-0.39, 0.29) is 11.5 Å². The van der Waals surface area contributed by atoms with Gasteiger partial charge in [0.2, 0.25) is 0 Å². The summed E-state index contributed by atoms with van der Waals surface area (Å²) in [6.45, 7) is 2.61. The van der Waals surface area contributed by atoms with Crippen molar-refractivity contribution in [3.63, 3.8) is 0 Å². The molecule has 0 heterocycles. The normalized spacial score (nSPS) is 18.8. The molecule has 0 rings (SSSR count). The molecule has 0 aliphatic heterocycles. The van der Waals surface area contributed by atoms with E-state index in [1.807, 2.05) is 0 Å². The van der Waals surface area contributed by atoms with E-state index in [0.717, 1.165) is 21.6 Å². The van der Waals surface area contributed by atoms with E-state index in [1.165, 1.54) is 13.8 Å². The summed E-state index contributed by atoms with van der Waals surface area (Å²) in [5.74, 6) is -5.60. The minimum Gasteiger partial charge on any atom is -0.480 e. The number of carboxylic acid groups (broad SMARTS) is 2. The van der Waals surface area contributed by atoms with Crippen LogP contribution in [-0.4, -0.2) is 68.4 Å². The zero-order chi connectivity index (χ0) is 19.3. The van der Waals surface area contributed by atoms with Crippen LogP contribution in [0.3, 0.4) is 0 Å². The first-order valence-corrected chi connectivity index (χ1v) is 9.18. The van der Waals surface area contributed by atoms with Crippen molar-refractivity contribution in [1.29, 1.82) is 0 Å². The topological polar surface area (TPSA) is 213 Å². The summed E-state index contributed by atoms with van der Waals surface area (Å²) in [4.78, 5) is 46.2. The van der Waals surface area contributed by atoms with Gasteiger partial charge in [0, 0.05) is 11.5 Å². The van der Waals surface area contributed by atoms with Crippen molar-refractivity contribution in [2.75, 3.05) is 11.5 Å². The van der Waals surface area contributed by atoms with Crippen LogP contribution in [-0.2, 0) is 19.2 Å². The first-order valence-electron chi connectivity index (χ1n) is 6.69. The average molecular weight is 382 g/mol. The molecular formula is C12H22N4O6S2. The van der Waals surface area contributed by atoms with Crippen LogP contribution in [0.4, 0.5) is 0 Å². The van der Waals surface area contributed by atoms with Crippen LogP contribution < -0.4 is 22.9 Å². The number of Topliss-reactive ketones (excluding diaryl/α,β-unsaturated/α-hetero) is 2. The minimum absolute atomic E-state index is 0.380. The molecule has 0 fully saturated rings. The second kappa shape index (κ2) is 8.78. The van der Waals surface area contributed by atoms with E-state index >= 15 is 0 Å². The summed E-state index contributed by atoms with van der Waals surface area (Å²) < 4.78 is 0. The van der Waals surface area contributed by atoms with Crippen LogP contribution in [0.5, 0.6) is 0 Å². The number of hydrogen-bond donors (Lipinski definition) is 6. The Morgan fingerprint density at radius 1 is 0.833 bits per heavy atom. The molecule has 24 heavy (non-hydrogen) atoms. The quantitative estimate of drug-likeness (QED) is 0.127. The Bertz CT molecular complexity index is 484. The number of carboxylic acids is 2. The molecule has 0 bridgehead atoms. The third kappa shape index (κ3) is 5.16. The van der Waals surface area contributed by atoms with E-state index in [2.05, 4.69) is 0 Å². The van der Waals surface area contributed by atoms with E-state index in [9.17, 15) is 19.2 Å². The van der Waals surface area contributed by atoms with Crippen molar-refractivity contribution in [1.82, 2.24) is 0 Å². The Morgan fingerprint density at radius 2 is 1.08 bits per heavy atom. The van der Waals surface area contributed by atoms with Gasteiger partial charge in [-0.25, -0.2) is 9.59 Å². The molecule has 4 unspecified atom stereocenters. The van der Waals surface area contributed by atoms with Gasteiger partial charge in [-0.2, -0.15) is 0 Å². The molecule has 0 saturated carbocycles. The molecule has 138 valence electrons. The molecule has 0 spiro atoms. The van der Waals surface area contributed by atoms with Gasteiger partial charge in [-0.05, 0) is 13.8 Å². The van der Waals surface area contributed by atoms with Crippen molar-refractivity contribution >= 4 is 45.1 Å². The van der Waals surface area contributed by atoms with Crippen LogP contribution in [0.25, 0.3) is 0 Å². The molecule has 4 atom stereocenters. The van der Waals surface area contributed by atoms with Crippen molar-refractivity contribution in [2.24, 2.45) is 22.9 Å². The van der Waals surface area contributed by atoms with Crippen molar-refractivity contribution in [3.8, 4) is 0 Å².